The number of carbonyl (C=O) groups is 1. The van der Waals surface area contributed by atoms with Gasteiger partial charge >= 0.3 is 0 Å². The van der Waals surface area contributed by atoms with Gasteiger partial charge in [0.25, 0.3) is 5.91 Å². The maximum Gasteiger partial charge on any atom is 0.254 e. The van der Waals surface area contributed by atoms with Crippen molar-refractivity contribution in [3.8, 4) is 0 Å². The Balaban J connectivity index is 1.69. The Labute approximate surface area is 115 Å². The minimum Gasteiger partial charge on any atom is -0.381 e. The number of H-pyrrole nitrogens is 1. The number of aromatic amines is 1. The van der Waals surface area contributed by atoms with Crippen LogP contribution in [-0.4, -0.2) is 35.6 Å². The molecule has 2 aromatic rings. The molecule has 6 heteroatoms. The minimum absolute atomic E-state index is 0.0290. The topological polar surface area (TPSA) is 67.0 Å². The van der Waals surface area contributed by atoms with Crippen LogP contribution in [0.4, 0.5) is 4.39 Å². The first-order valence-electron chi connectivity index (χ1n) is 6.72. The van der Waals surface area contributed by atoms with Crippen molar-refractivity contribution >= 4 is 16.9 Å². The molecule has 0 spiro atoms. The molecule has 1 aromatic heterocycles. The lowest BCUT2D eigenvalue weighted by Gasteiger charge is -2.22. The molecule has 1 aliphatic rings. The van der Waals surface area contributed by atoms with Gasteiger partial charge < -0.3 is 15.0 Å². The molecule has 0 bridgehead atoms. The SMILES string of the molecule is O=C(NC[C@H]1CCCOC1)c1cc2nc[nH]c2cc1F. The number of nitrogens with zero attached hydrogens (tertiary/aromatic N) is 1. The van der Waals surface area contributed by atoms with Crippen molar-refractivity contribution in [3.05, 3.63) is 29.8 Å². The van der Waals surface area contributed by atoms with E-state index in [0.29, 0.717) is 30.1 Å². The summed E-state index contributed by atoms with van der Waals surface area (Å²) in [5, 5.41) is 2.77. The fourth-order valence-electron chi connectivity index (χ4n) is 2.43. The third-order valence-electron chi connectivity index (χ3n) is 3.56. The predicted octanol–water partition coefficient (Wildman–Crippen LogP) is 1.86. The third kappa shape index (κ3) is 2.65. The second kappa shape index (κ2) is 5.58. The molecule has 3 rings (SSSR count). The van der Waals surface area contributed by atoms with Crippen molar-refractivity contribution in [2.24, 2.45) is 5.92 Å². The summed E-state index contributed by atoms with van der Waals surface area (Å²) in [7, 11) is 0. The number of aromatic nitrogens is 2. The smallest absolute Gasteiger partial charge is 0.254 e. The lowest BCUT2D eigenvalue weighted by molar-refractivity contribution is 0.0536. The standard InChI is InChI=1S/C14H16FN3O2/c15-11-5-13-12(17-8-18-13)4-10(11)14(19)16-6-9-2-1-3-20-7-9/h4-5,8-9H,1-3,6-7H2,(H,16,19)(H,17,18)/t9-/m1/s1. The minimum atomic E-state index is -0.542. The van der Waals surface area contributed by atoms with Crippen LogP contribution in [0.25, 0.3) is 11.0 Å². The summed E-state index contributed by atoms with van der Waals surface area (Å²) in [6, 6.07) is 2.76. The molecule has 0 saturated carbocycles. The molecule has 1 aliphatic heterocycles. The number of nitrogens with one attached hydrogen (secondary N) is 2. The Hall–Kier alpha value is -1.95. The van der Waals surface area contributed by atoms with Crippen molar-refractivity contribution in [3.63, 3.8) is 0 Å². The first-order chi connectivity index (χ1) is 9.74. The zero-order chi connectivity index (χ0) is 13.9. The van der Waals surface area contributed by atoms with Gasteiger partial charge in [0.1, 0.15) is 5.82 Å². The predicted molar refractivity (Wildman–Crippen MR) is 71.9 cm³/mol. The number of imidazole rings is 1. The maximum atomic E-state index is 13.9. The van der Waals surface area contributed by atoms with E-state index < -0.39 is 11.7 Å². The summed E-state index contributed by atoms with van der Waals surface area (Å²) in [6.45, 7) is 1.95. The van der Waals surface area contributed by atoms with E-state index >= 15 is 0 Å². The van der Waals surface area contributed by atoms with Crippen molar-refractivity contribution < 1.29 is 13.9 Å². The number of rotatable bonds is 3. The van der Waals surface area contributed by atoms with Gasteiger partial charge in [-0.1, -0.05) is 0 Å². The summed E-state index contributed by atoms with van der Waals surface area (Å²) < 4.78 is 19.2. The molecule has 1 fully saturated rings. The van der Waals surface area contributed by atoms with Gasteiger partial charge in [-0.3, -0.25) is 4.79 Å². The first kappa shape index (κ1) is 13.1. The van der Waals surface area contributed by atoms with Gasteiger partial charge in [0.15, 0.2) is 0 Å². The second-order valence-electron chi connectivity index (χ2n) is 5.04. The van der Waals surface area contributed by atoms with Crippen molar-refractivity contribution in [1.29, 1.82) is 0 Å². The Morgan fingerprint density at radius 2 is 2.45 bits per heavy atom. The zero-order valence-electron chi connectivity index (χ0n) is 11.0. The number of amides is 1. The van der Waals surface area contributed by atoms with E-state index in [9.17, 15) is 9.18 Å². The van der Waals surface area contributed by atoms with Crippen LogP contribution in [0.1, 0.15) is 23.2 Å². The van der Waals surface area contributed by atoms with Crippen LogP contribution in [0.3, 0.4) is 0 Å². The monoisotopic (exact) mass is 277 g/mol. The Morgan fingerprint density at radius 1 is 1.55 bits per heavy atom. The van der Waals surface area contributed by atoms with Crippen LogP contribution in [0.15, 0.2) is 18.5 Å². The van der Waals surface area contributed by atoms with Crippen LogP contribution in [0.2, 0.25) is 0 Å². The van der Waals surface area contributed by atoms with E-state index in [1.54, 1.807) is 0 Å². The molecule has 5 nitrogen and oxygen atoms in total. The van der Waals surface area contributed by atoms with E-state index in [4.69, 9.17) is 4.74 Å². The highest BCUT2D eigenvalue weighted by Gasteiger charge is 2.18. The van der Waals surface area contributed by atoms with Crippen molar-refractivity contribution in [2.45, 2.75) is 12.8 Å². The summed E-state index contributed by atoms with van der Waals surface area (Å²) >= 11 is 0. The van der Waals surface area contributed by atoms with E-state index in [1.807, 2.05) is 0 Å². The molecular weight excluding hydrogens is 261 g/mol. The Bertz CT molecular complexity index is 620. The third-order valence-corrected chi connectivity index (χ3v) is 3.56. The van der Waals surface area contributed by atoms with Crippen LogP contribution in [0, 0.1) is 11.7 Å². The Morgan fingerprint density at radius 3 is 3.25 bits per heavy atom. The highest BCUT2D eigenvalue weighted by molar-refractivity contribution is 5.97. The normalized spacial score (nSPS) is 19.1. The zero-order valence-corrected chi connectivity index (χ0v) is 11.0. The van der Waals surface area contributed by atoms with E-state index in [1.165, 1.54) is 18.5 Å². The van der Waals surface area contributed by atoms with E-state index in [0.717, 1.165) is 19.4 Å². The molecule has 0 aliphatic carbocycles. The number of hydrogen-bond acceptors (Lipinski definition) is 3. The molecular formula is C14H16FN3O2. The van der Waals surface area contributed by atoms with Gasteiger partial charge in [-0.05, 0) is 24.8 Å². The van der Waals surface area contributed by atoms with Crippen molar-refractivity contribution in [2.75, 3.05) is 19.8 Å². The molecule has 2 heterocycles. The van der Waals surface area contributed by atoms with Gasteiger partial charge in [0, 0.05) is 19.2 Å². The summed E-state index contributed by atoms with van der Waals surface area (Å²) in [6.07, 6.45) is 3.51. The highest BCUT2D eigenvalue weighted by atomic mass is 19.1. The summed E-state index contributed by atoms with van der Waals surface area (Å²) in [5.41, 5.74) is 1.19. The summed E-state index contributed by atoms with van der Waals surface area (Å²) in [4.78, 5) is 18.9. The lowest BCUT2D eigenvalue weighted by atomic mass is 10.0. The number of hydrogen-bond donors (Lipinski definition) is 2. The average Bonchev–Trinajstić information content (AvgIpc) is 2.92. The van der Waals surface area contributed by atoms with E-state index in [-0.39, 0.29) is 5.56 Å². The molecule has 0 unspecified atom stereocenters. The van der Waals surface area contributed by atoms with Crippen LogP contribution >= 0.6 is 0 Å². The lowest BCUT2D eigenvalue weighted by Crippen LogP contribution is -2.33. The highest BCUT2D eigenvalue weighted by Crippen LogP contribution is 2.17. The van der Waals surface area contributed by atoms with Crippen LogP contribution in [-0.2, 0) is 4.74 Å². The van der Waals surface area contributed by atoms with Crippen LogP contribution in [0.5, 0.6) is 0 Å². The number of halogens is 1. The van der Waals surface area contributed by atoms with E-state index in [2.05, 4.69) is 15.3 Å². The average molecular weight is 277 g/mol. The number of carbonyl (C=O) groups excluding carboxylic acids is 1. The fourth-order valence-corrected chi connectivity index (χ4v) is 2.43. The number of ether oxygens (including phenoxy) is 1. The van der Waals surface area contributed by atoms with Gasteiger partial charge in [-0.2, -0.15) is 0 Å². The molecule has 106 valence electrons. The van der Waals surface area contributed by atoms with Crippen molar-refractivity contribution in [1.82, 2.24) is 15.3 Å². The molecule has 1 saturated heterocycles. The van der Waals surface area contributed by atoms with Crippen LogP contribution < -0.4 is 5.32 Å². The van der Waals surface area contributed by atoms with Gasteiger partial charge in [-0.25, -0.2) is 9.37 Å². The molecule has 2 N–H and O–H groups in total. The first-order valence-corrected chi connectivity index (χ1v) is 6.72. The molecule has 1 amide bonds. The largest absolute Gasteiger partial charge is 0.381 e. The maximum absolute atomic E-state index is 13.9. The Kier molecular flexibility index (Phi) is 3.64. The fraction of sp³-hybridized carbons (Fsp3) is 0.429. The molecule has 20 heavy (non-hydrogen) atoms. The van der Waals surface area contributed by atoms with Gasteiger partial charge in [-0.15, -0.1) is 0 Å². The van der Waals surface area contributed by atoms with Gasteiger partial charge in [0.05, 0.1) is 29.5 Å². The molecule has 1 atom stereocenters. The number of fused-ring (bicyclic) bond motifs is 1. The van der Waals surface area contributed by atoms with Gasteiger partial charge in [0.2, 0.25) is 0 Å². The molecule has 0 radical (unpaired) electrons. The molecule has 1 aromatic carbocycles. The number of benzene rings is 1. The quantitative estimate of drug-likeness (QED) is 0.900. The summed E-state index contributed by atoms with van der Waals surface area (Å²) in [5.74, 6) is -0.637. The second-order valence-corrected chi connectivity index (χ2v) is 5.04.